The maximum atomic E-state index is 13.6. The molecule has 0 heterocycles. The van der Waals surface area contributed by atoms with E-state index in [4.69, 9.17) is 5.73 Å². The molecule has 2 N–H and O–H groups in total. The van der Waals surface area contributed by atoms with Crippen molar-refractivity contribution >= 4 is 11.3 Å². The maximum absolute atomic E-state index is 13.6. The highest BCUT2D eigenvalue weighted by Crippen LogP contribution is 2.24. The number of benzene rings is 2. The van der Waals surface area contributed by atoms with Crippen LogP contribution in [0.3, 0.4) is 0 Å². The zero-order valence-electron chi connectivity index (χ0n) is 9.90. The van der Waals surface area contributed by atoms with Crippen LogP contribution in [0.15, 0.2) is 48.5 Å². The Kier molecular flexibility index (Phi) is 3.58. The van der Waals surface area contributed by atoms with Gasteiger partial charge in [0.25, 0.3) is 0 Å². The molecule has 2 nitrogen and oxygen atoms in total. The molecule has 0 atom stereocenters. The lowest BCUT2D eigenvalue weighted by atomic mass is 10.0. The fraction of sp³-hybridized carbons (Fsp3) is 0. The molecule has 0 aliphatic rings. The van der Waals surface area contributed by atoms with Gasteiger partial charge in [0.1, 0.15) is 17.7 Å². The van der Waals surface area contributed by atoms with E-state index >= 15 is 0 Å². The Morgan fingerprint density at radius 2 is 1.74 bits per heavy atom. The minimum atomic E-state index is -0.791. The number of nitrogens with zero attached hydrogens (tertiary/aromatic N) is 1. The van der Waals surface area contributed by atoms with Gasteiger partial charge in [-0.05, 0) is 17.7 Å². The molecule has 2 rings (SSSR count). The summed E-state index contributed by atoms with van der Waals surface area (Å²) in [6.45, 7) is 0. The van der Waals surface area contributed by atoms with E-state index in [1.807, 2.05) is 6.07 Å². The van der Waals surface area contributed by atoms with Crippen molar-refractivity contribution in [2.45, 2.75) is 0 Å². The lowest BCUT2D eigenvalue weighted by Crippen LogP contribution is -2.03. The van der Waals surface area contributed by atoms with Crippen LogP contribution in [-0.4, -0.2) is 0 Å². The first-order chi connectivity index (χ1) is 9.13. The van der Waals surface area contributed by atoms with Crippen LogP contribution in [0.4, 0.5) is 8.78 Å². The summed E-state index contributed by atoms with van der Waals surface area (Å²) in [5.74, 6) is -1.48. The van der Waals surface area contributed by atoms with Gasteiger partial charge in [-0.15, -0.1) is 0 Å². The standard InChI is InChI=1S/C15H10F2N2/c16-11-6-7-12(14(17)8-11)15(19)13(9-18)10-4-2-1-3-5-10/h1-8H,19H2/b15-13-. The average Bonchev–Trinajstić information content (AvgIpc) is 2.40. The number of hydrogen-bond donors (Lipinski definition) is 1. The molecule has 0 aliphatic heterocycles. The summed E-state index contributed by atoms with van der Waals surface area (Å²) in [5, 5.41) is 9.17. The first-order valence-electron chi connectivity index (χ1n) is 5.54. The van der Waals surface area contributed by atoms with Crippen molar-refractivity contribution in [3.05, 3.63) is 71.3 Å². The minimum Gasteiger partial charge on any atom is -0.397 e. The van der Waals surface area contributed by atoms with E-state index in [0.717, 1.165) is 12.1 Å². The number of rotatable bonds is 2. The second kappa shape index (κ2) is 5.32. The van der Waals surface area contributed by atoms with Crippen molar-refractivity contribution in [2.75, 3.05) is 0 Å². The molecular weight excluding hydrogens is 246 g/mol. The quantitative estimate of drug-likeness (QED) is 0.662. The minimum absolute atomic E-state index is 0.00815. The van der Waals surface area contributed by atoms with E-state index < -0.39 is 11.6 Å². The van der Waals surface area contributed by atoms with Crippen molar-refractivity contribution in [1.82, 2.24) is 0 Å². The number of nitriles is 1. The highest BCUT2D eigenvalue weighted by Gasteiger charge is 2.12. The predicted molar refractivity (Wildman–Crippen MR) is 69.4 cm³/mol. The van der Waals surface area contributed by atoms with Crippen molar-refractivity contribution < 1.29 is 8.78 Å². The smallest absolute Gasteiger partial charge is 0.135 e. The van der Waals surface area contributed by atoms with E-state index in [1.165, 1.54) is 6.07 Å². The van der Waals surface area contributed by atoms with Crippen LogP contribution < -0.4 is 5.73 Å². The predicted octanol–water partition coefficient (Wildman–Crippen LogP) is 3.32. The molecule has 94 valence electrons. The summed E-state index contributed by atoms with van der Waals surface area (Å²) in [6.07, 6.45) is 0. The van der Waals surface area contributed by atoms with Crippen LogP contribution >= 0.6 is 0 Å². The Labute approximate surface area is 109 Å². The van der Waals surface area contributed by atoms with Crippen molar-refractivity contribution in [1.29, 1.82) is 5.26 Å². The van der Waals surface area contributed by atoms with E-state index in [-0.39, 0.29) is 16.8 Å². The number of hydrogen-bond acceptors (Lipinski definition) is 2. The SMILES string of the molecule is N#C/C(=C(/N)c1ccc(F)cc1F)c1ccccc1. The normalized spacial score (nSPS) is 11.6. The Morgan fingerprint density at radius 3 is 2.32 bits per heavy atom. The van der Waals surface area contributed by atoms with Crippen LogP contribution in [0.1, 0.15) is 11.1 Å². The fourth-order valence-corrected chi connectivity index (χ4v) is 1.73. The average molecular weight is 256 g/mol. The van der Waals surface area contributed by atoms with Gasteiger partial charge in [0.15, 0.2) is 0 Å². The van der Waals surface area contributed by atoms with Crippen LogP contribution in [0.5, 0.6) is 0 Å². The largest absolute Gasteiger partial charge is 0.397 e. The van der Waals surface area contributed by atoms with Gasteiger partial charge in [-0.2, -0.15) is 5.26 Å². The Balaban J connectivity index is 2.59. The second-order valence-corrected chi connectivity index (χ2v) is 3.89. The van der Waals surface area contributed by atoms with E-state index in [1.54, 1.807) is 30.3 Å². The molecular formula is C15H10F2N2. The summed E-state index contributed by atoms with van der Waals surface area (Å²) in [7, 11) is 0. The Morgan fingerprint density at radius 1 is 1.05 bits per heavy atom. The van der Waals surface area contributed by atoms with Crippen molar-refractivity contribution in [3.8, 4) is 6.07 Å². The van der Waals surface area contributed by atoms with Crippen LogP contribution in [0.25, 0.3) is 11.3 Å². The number of nitrogens with two attached hydrogens (primary N) is 1. The van der Waals surface area contributed by atoms with Crippen LogP contribution in [0, 0.1) is 23.0 Å². The number of allylic oxidation sites excluding steroid dienone is 1. The molecule has 4 heteroatoms. The monoisotopic (exact) mass is 256 g/mol. The van der Waals surface area contributed by atoms with Crippen LogP contribution in [0.2, 0.25) is 0 Å². The molecule has 0 aliphatic carbocycles. The van der Waals surface area contributed by atoms with Gasteiger partial charge < -0.3 is 5.73 Å². The summed E-state index contributed by atoms with van der Waals surface area (Å²) in [6, 6.07) is 13.7. The lowest BCUT2D eigenvalue weighted by Gasteiger charge is -2.07. The third-order valence-electron chi connectivity index (χ3n) is 2.66. The topological polar surface area (TPSA) is 49.8 Å². The van der Waals surface area contributed by atoms with Crippen molar-refractivity contribution in [2.24, 2.45) is 5.73 Å². The molecule has 0 saturated carbocycles. The molecule has 2 aromatic rings. The van der Waals surface area contributed by atoms with Crippen LogP contribution in [-0.2, 0) is 0 Å². The first-order valence-corrected chi connectivity index (χ1v) is 5.54. The van der Waals surface area contributed by atoms with Gasteiger partial charge in [-0.25, -0.2) is 8.78 Å². The maximum Gasteiger partial charge on any atom is 0.135 e. The van der Waals surface area contributed by atoms with E-state index in [2.05, 4.69) is 0 Å². The lowest BCUT2D eigenvalue weighted by molar-refractivity contribution is 0.581. The van der Waals surface area contributed by atoms with Gasteiger partial charge in [-0.1, -0.05) is 30.3 Å². The molecule has 2 aromatic carbocycles. The molecule has 0 bridgehead atoms. The Bertz CT molecular complexity index is 670. The number of halogens is 2. The summed E-state index contributed by atoms with van der Waals surface area (Å²) < 4.78 is 26.5. The zero-order chi connectivity index (χ0) is 13.8. The van der Waals surface area contributed by atoms with Gasteiger partial charge in [-0.3, -0.25) is 0 Å². The molecule has 0 spiro atoms. The van der Waals surface area contributed by atoms with Gasteiger partial charge >= 0.3 is 0 Å². The molecule has 19 heavy (non-hydrogen) atoms. The van der Waals surface area contributed by atoms with Gasteiger partial charge in [0.05, 0.1) is 11.3 Å². The molecule has 0 unspecified atom stereocenters. The van der Waals surface area contributed by atoms with Gasteiger partial charge in [0, 0.05) is 11.6 Å². The van der Waals surface area contributed by atoms with Gasteiger partial charge in [0.2, 0.25) is 0 Å². The second-order valence-electron chi connectivity index (χ2n) is 3.89. The van der Waals surface area contributed by atoms with Crippen molar-refractivity contribution in [3.63, 3.8) is 0 Å². The first kappa shape index (κ1) is 12.8. The fourth-order valence-electron chi connectivity index (χ4n) is 1.73. The molecule has 0 amide bonds. The van der Waals surface area contributed by atoms with E-state index in [0.29, 0.717) is 5.56 Å². The molecule has 0 radical (unpaired) electrons. The molecule has 0 aromatic heterocycles. The Hall–Kier alpha value is -2.67. The summed E-state index contributed by atoms with van der Waals surface area (Å²) >= 11 is 0. The highest BCUT2D eigenvalue weighted by atomic mass is 19.1. The third-order valence-corrected chi connectivity index (χ3v) is 2.66. The van der Waals surface area contributed by atoms with E-state index in [9.17, 15) is 14.0 Å². The molecule has 0 fully saturated rings. The third kappa shape index (κ3) is 2.61. The highest BCUT2D eigenvalue weighted by molar-refractivity contribution is 5.96. The summed E-state index contributed by atoms with van der Waals surface area (Å²) in [5.41, 5.74) is 6.58. The summed E-state index contributed by atoms with van der Waals surface area (Å²) in [4.78, 5) is 0. The molecule has 0 saturated heterocycles. The zero-order valence-corrected chi connectivity index (χ0v) is 9.90.